The maximum absolute atomic E-state index is 4.82. The Morgan fingerprint density at radius 2 is 0.836 bits per heavy atom. The van der Waals surface area contributed by atoms with E-state index in [1.165, 1.54) is 27.5 Å². The minimum Gasteiger partial charge on any atom is -0.310 e. The van der Waals surface area contributed by atoms with Gasteiger partial charge in [0, 0.05) is 73.8 Å². The van der Waals surface area contributed by atoms with E-state index in [1.807, 2.05) is 24.5 Å². The van der Waals surface area contributed by atoms with Crippen LogP contribution >= 0.6 is 0 Å². The highest BCUT2D eigenvalue weighted by molar-refractivity contribution is 6.13. The van der Waals surface area contributed by atoms with Gasteiger partial charge in [0.05, 0.1) is 22.1 Å². The second-order valence-corrected chi connectivity index (χ2v) is 15.6. The van der Waals surface area contributed by atoms with Gasteiger partial charge in [0.1, 0.15) is 0 Å². The lowest BCUT2D eigenvalue weighted by atomic mass is 9.92. The summed E-state index contributed by atoms with van der Waals surface area (Å²) >= 11 is 0. The first kappa shape index (κ1) is 36.1. The van der Waals surface area contributed by atoms with Gasteiger partial charge < -0.3 is 14.4 Å². The van der Waals surface area contributed by atoms with Gasteiger partial charge in [0.25, 0.3) is 0 Å². The van der Waals surface area contributed by atoms with Gasteiger partial charge in [0.2, 0.25) is 0 Å². The third-order valence-corrected chi connectivity index (χ3v) is 11.8. The minimum absolute atomic E-state index is 0.922. The molecular weight excluding hydrogens is 743 g/mol. The van der Waals surface area contributed by atoms with Crippen LogP contribution in [0.15, 0.2) is 213 Å². The van der Waals surface area contributed by atoms with Crippen LogP contribution in [0, 0.1) is 13.8 Å². The molecule has 0 amide bonds. The fraction of sp³-hybridized carbons (Fsp3) is 0.0357. The van der Waals surface area contributed by atoms with Crippen molar-refractivity contribution in [2.45, 2.75) is 13.8 Å². The minimum atomic E-state index is 0.922. The molecule has 3 heterocycles. The van der Waals surface area contributed by atoms with Gasteiger partial charge in [-0.3, -0.25) is 9.97 Å². The first-order valence-corrected chi connectivity index (χ1v) is 20.7. The molecule has 3 aromatic heterocycles. The number of benzene rings is 8. The van der Waals surface area contributed by atoms with E-state index in [9.17, 15) is 0 Å². The predicted molar refractivity (Wildman–Crippen MR) is 256 cm³/mol. The molecule has 0 unspecified atom stereocenters. The Balaban J connectivity index is 1.15. The number of para-hydroxylation sites is 4. The van der Waals surface area contributed by atoms with Crippen LogP contribution in [0.2, 0.25) is 0 Å². The highest BCUT2D eigenvalue weighted by Crippen LogP contribution is 2.44. The largest absolute Gasteiger partial charge is 0.310 e. The third kappa shape index (κ3) is 6.26. The molecule has 0 saturated heterocycles. The number of pyridine rings is 2. The number of fused-ring (bicyclic) bond motifs is 6. The Morgan fingerprint density at radius 3 is 1.34 bits per heavy atom. The molecule has 61 heavy (non-hydrogen) atoms. The van der Waals surface area contributed by atoms with Gasteiger partial charge in [-0.05, 0) is 151 Å². The zero-order valence-corrected chi connectivity index (χ0v) is 33.9. The molecule has 11 rings (SSSR count). The van der Waals surface area contributed by atoms with Gasteiger partial charge in [-0.25, -0.2) is 0 Å². The van der Waals surface area contributed by atoms with Crippen molar-refractivity contribution in [1.29, 1.82) is 0 Å². The molecule has 0 aliphatic heterocycles. The van der Waals surface area contributed by atoms with E-state index in [4.69, 9.17) is 9.97 Å². The molecule has 0 spiro atoms. The number of anilines is 6. The summed E-state index contributed by atoms with van der Waals surface area (Å²) in [6, 6.07) is 71.7. The van der Waals surface area contributed by atoms with Crippen LogP contribution in [-0.4, -0.2) is 14.5 Å². The summed E-state index contributed by atoms with van der Waals surface area (Å²) in [5.41, 5.74) is 16.6. The van der Waals surface area contributed by atoms with E-state index in [1.54, 1.807) is 0 Å². The number of nitrogens with zero attached hydrogens (tertiary/aromatic N) is 5. The van der Waals surface area contributed by atoms with Crippen molar-refractivity contribution in [3.8, 4) is 16.8 Å². The first-order valence-electron chi connectivity index (χ1n) is 20.7. The first-order chi connectivity index (χ1) is 30.1. The molecule has 11 aromatic rings. The molecule has 0 radical (unpaired) electrons. The average molecular weight is 784 g/mol. The number of rotatable bonds is 8. The maximum atomic E-state index is 4.82. The van der Waals surface area contributed by atoms with Gasteiger partial charge >= 0.3 is 0 Å². The highest BCUT2D eigenvalue weighted by Gasteiger charge is 2.22. The summed E-state index contributed by atoms with van der Waals surface area (Å²) in [7, 11) is 0. The van der Waals surface area contributed by atoms with Crippen molar-refractivity contribution >= 4 is 77.7 Å². The monoisotopic (exact) mass is 783 g/mol. The van der Waals surface area contributed by atoms with Crippen molar-refractivity contribution in [2.24, 2.45) is 0 Å². The van der Waals surface area contributed by atoms with Crippen molar-refractivity contribution < 1.29 is 0 Å². The molecule has 0 atom stereocenters. The molecule has 0 fully saturated rings. The Labute approximate surface area is 355 Å². The van der Waals surface area contributed by atoms with Crippen molar-refractivity contribution in [1.82, 2.24) is 14.5 Å². The van der Waals surface area contributed by atoms with E-state index in [0.29, 0.717) is 0 Å². The Hall–Kier alpha value is -8.02. The van der Waals surface area contributed by atoms with Crippen molar-refractivity contribution in [3.05, 3.63) is 224 Å². The van der Waals surface area contributed by atoms with Crippen LogP contribution in [0.3, 0.4) is 0 Å². The SMILES string of the molecule is Cc1cc(-n2c3ccc(N(c4ccccc4)c4ccccc4)cc3c3cc(N(c4ccccc4)c4ccccc4)ccc32)c(C)cc1-c1cc2cccnc2c2ncccc12. The second-order valence-electron chi connectivity index (χ2n) is 15.6. The Kier molecular flexibility index (Phi) is 8.86. The van der Waals surface area contributed by atoms with Gasteiger partial charge in [-0.2, -0.15) is 0 Å². The van der Waals surface area contributed by atoms with Gasteiger partial charge in [-0.15, -0.1) is 0 Å². The smallest absolute Gasteiger partial charge is 0.0970 e. The standard InChI is InChI=1S/C56H41N5/c1-38-34-54(39(2)33-48(38)49-35-40-17-15-31-57-55(40)56-47(49)26-16-32-58-56)61-52-29-27-45(59(41-18-7-3-8-19-41)42-20-9-4-10-21-42)36-50(52)51-37-46(28-30-53(51)61)60(43-22-11-5-12-23-43)44-24-13-6-14-25-44/h3-37H,1-2H3. The lowest BCUT2D eigenvalue weighted by molar-refractivity contribution is 1.14. The molecule has 0 aliphatic carbocycles. The maximum Gasteiger partial charge on any atom is 0.0970 e. The molecule has 5 nitrogen and oxygen atoms in total. The normalized spacial score (nSPS) is 11.4. The average Bonchev–Trinajstić information content (AvgIpc) is 3.64. The van der Waals surface area contributed by atoms with Crippen LogP contribution in [-0.2, 0) is 0 Å². The molecule has 0 saturated carbocycles. The Bertz CT molecular complexity index is 3160. The van der Waals surface area contributed by atoms with E-state index >= 15 is 0 Å². The zero-order valence-electron chi connectivity index (χ0n) is 33.9. The summed E-state index contributed by atoms with van der Waals surface area (Å²) in [6.07, 6.45) is 3.71. The molecule has 290 valence electrons. The van der Waals surface area contributed by atoms with Crippen LogP contribution in [0.1, 0.15) is 11.1 Å². The number of hydrogen-bond acceptors (Lipinski definition) is 4. The Morgan fingerprint density at radius 1 is 0.361 bits per heavy atom. The quantitative estimate of drug-likeness (QED) is 0.144. The third-order valence-electron chi connectivity index (χ3n) is 11.8. The molecule has 0 bridgehead atoms. The van der Waals surface area contributed by atoms with Crippen molar-refractivity contribution in [2.75, 3.05) is 9.80 Å². The van der Waals surface area contributed by atoms with Crippen LogP contribution in [0.5, 0.6) is 0 Å². The van der Waals surface area contributed by atoms with Gasteiger partial charge in [-0.1, -0.05) is 84.9 Å². The molecule has 0 aliphatic rings. The lowest BCUT2D eigenvalue weighted by Gasteiger charge is -2.26. The topological polar surface area (TPSA) is 37.2 Å². The lowest BCUT2D eigenvalue weighted by Crippen LogP contribution is -2.09. The van der Waals surface area contributed by atoms with E-state index < -0.39 is 0 Å². The van der Waals surface area contributed by atoms with Crippen LogP contribution in [0.4, 0.5) is 34.1 Å². The number of aromatic nitrogens is 3. The van der Waals surface area contributed by atoms with Crippen LogP contribution in [0.25, 0.3) is 60.4 Å². The number of hydrogen-bond donors (Lipinski definition) is 0. The van der Waals surface area contributed by atoms with E-state index in [2.05, 4.69) is 216 Å². The molecule has 5 heteroatoms. The summed E-state index contributed by atoms with van der Waals surface area (Å²) in [4.78, 5) is 14.2. The van der Waals surface area contributed by atoms with Crippen molar-refractivity contribution in [3.63, 3.8) is 0 Å². The zero-order chi connectivity index (χ0) is 40.9. The second kappa shape index (κ2) is 15.0. The summed E-state index contributed by atoms with van der Waals surface area (Å²) in [5, 5.41) is 4.53. The highest BCUT2D eigenvalue weighted by atomic mass is 15.1. The van der Waals surface area contributed by atoms with E-state index in [0.717, 1.165) is 78.2 Å². The summed E-state index contributed by atoms with van der Waals surface area (Å²) in [6.45, 7) is 4.47. The fourth-order valence-electron chi connectivity index (χ4n) is 9.07. The van der Waals surface area contributed by atoms with Crippen LogP contribution < -0.4 is 9.80 Å². The molecule has 0 N–H and O–H groups in total. The fourth-order valence-corrected chi connectivity index (χ4v) is 9.07. The summed E-state index contributed by atoms with van der Waals surface area (Å²) < 4.78 is 2.46. The van der Waals surface area contributed by atoms with Gasteiger partial charge in [0.15, 0.2) is 0 Å². The molecular formula is C56H41N5. The van der Waals surface area contributed by atoms with E-state index in [-0.39, 0.29) is 0 Å². The number of aryl methyl sites for hydroxylation is 2. The molecule has 8 aromatic carbocycles. The predicted octanol–water partition coefficient (Wildman–Crippen LogP) is 15.1. The summed E-state index contributed by atoms with van der Waals surface area (Å²) in [5.74, 6) is 0.